The van der Waals surface area contributed by atoms with Gasteiger partial charge in [0.1, 0.15) is 14.1 Å². The summed E-state index contributed by atoms with van der Waals surface area (Å²) in [7, 11) is -6.53. The molecule has 1 aliphatic carbocycles. The number of carbonyl (C=O) groups excluding carboxylic acids is 1. The summed E-state index contributed by atoms with van der Waals surface area (Å²) in [5, 5.41) is 0. The fourth-order valence-electron chi connectivity index (χ4n) is 3.94. The Kier molecular flexibility index (Phi) is 8.63. The van der Waals surface area contributed by atoms with E-state index in [1.165, 1.54) is 33.1 Å². The minimum atomic E-state index is -10.7. The normalized spacial score (nSPS) is 20.0. The maximum atomic E-state index is 13.0. The van der Waals surface area contributed by atoms with Gasteiger partial charge in [-0.2, -0.15) is 0 Å². The molecule has 216 valence electrons. The van der Waals surface area contributed by atoms with Gasteiger partial charge in [0, 0.05) is 35.0 Å². The van der Waals surface area contributed by atoms with Crippen LogP contribution < -0.4 is 0 Å². The third-order valence-electron chi connectivity index (χ3n) is 5.95. The summed E-state index contributed by atoms with van der Waals surface area (Å²) in [5.41, 5.74) is 3.69. The molecule has 1 saturated heterocycles. The van der Waals surface area contributed by atoms with Crippen molar-refractivity contribution in [3.05, 3.63) is 73.7 Å². The molecule has 4 rings (SSSR count). The van der Waals surface area contributed by atoms with E-state index in [-0.39, 0.29) is 11.3 Å². The summed E-state index contributed by atoms with van der Waals surface area (Å²) in [4.78, 5) is 19.6. The number of piperidine rings is 1. The molecule has 0 unspecified atom stereocenters. The van der Waals surface area contributed by atoms with Crippen molar-refractivity contribution >= 4 is 48.1 Å². The number of rotatable bonds is 2. The van der Waals surface area contributed by atoms with Crippen molar-refractivity contribution in [2.45, 2.75) is 40.0 Å². The van der Waals surface area contributed by atoms with Crippen LogP contribution in [-0.2, 0) is 0 Å². The van der Waals surface area contributed by atoms with E-state index in [4.69, 9.17) is 0 Å². The van der Waals surface area contributed by atoms with Crippen molar-refractivity contribution in [1.82, 2.24) is 4.90 Å². The Hall–Kier alpha value is -2.10. The molecule has 3 heterocycles. The fourth-order valence-corrected chi connectivity index (χ4v) is 6.07. The molecule has 1 aromatic heterocycles. The molecule has 0 atom stereocenters. The van der Waals surface area contributed by atoms with Crippen LogP contribution in [0.1, 0.15) is 54.6 Å². The van der Waals surface area contributed by atoms with Crippen LogP contribution in [0.3, 0.4) is 0 Å². The molecule has 0 aromatic carbocycles. The second kappa shape index (κ2) is 10.7. The molecule has 2 aliphatic heterocycles. The fraction of sp³-hybridized carbons (Fsp3) is 0.407. The third kappa shape index (κ3) is 10.4. The van der Waals surface area contributed by atoms with Crippen molar-refractivity contribution in [3.8, 4) is 0 Å². The van der Waals surface area contributed by atoms with Gasteiger partial charge in [-0.05, 0) is 77.2 Å². The molecule has 1 aromatic rings. The van der Waals surface area contributed by atoms with Crippen molar-refractivity contribution in [3.63, 3.8) is 0 Å². The summed E-state index contributed by atoms with van der Waals surface area (Å²) in [6, 6.07) is 4.13. The molecule has 12 heteroatoms. The molecule has 39 heavy (non-hydrogen) atoms. The van der Waals surface area contributed by atoms with Crippen LogP contribution in [0.15, 0.2) is 64.0 Å². The third-order valence-corrected chi connectivity index (χ3v) is 8.59. The maximum absolute atomic E-state index is 13.0. The number of allylic oxidation sites excluding steroid dienone is 9. The number of carbonyl (C=O) groups is 1. The van der Waals surface area contributed by atoms with Crippen LogP contribution in [0.25, 0.3) is 5.57 Å². The van der Waals surface area contributed by atoms with Gasteiger partial charge in [-0.15, -0.1) is 11.3 Å². The number of amides is 1. The standard InChI is InChI=1S/C27H33N2OS2.F6P/c1-27(2,3)25-18-20(17-24(32-25)19-9-11-21(12-10-19)28(4)5)22-13-14-23(31-22)26(30)29-15-7-6-8-16-29;1-7(2,3,4,5)6/h9-14,17-18H,6-8,15-16H2,1-5H3;/q+1;-1. The first-order valence-corrected chi connectivity index (χ1v) is 16.1. The van der Waals surface area contributed by atoms with Crippen LogP contribution in [0.4, 0.5) is 25.2 Å². The molecule has 1 fully saturated rings. The monoisotopic (exact) mass is 610 g/mol. The van der Waals surface area contributed by atoms with Crippen molar-refractivity contribution in [1.29, 1.82) is 0 Å². The number of likely N-dealkylation sites (tertiary alicyclic amines) is 1. The van der Waals surface area contributed by atoms with Crippen molar-refractivity contribution in [2.75, 3.05) is 27.2 Å². The first-order valence-electron chi connectivity index (χ1n) is 12.4. The second-order valence-corrected chi connectivity index (χ2v) is 14.8. The van der Waals surface area contributed by atoms with Crippen LogP contribution in [-0.4, -0.2) is 48.3 Å². The molecular weight excluding hydrogens is 577 g/mol. The van der Waals surface area contributed by atoms with E-state index in [1.807, 2.05) is 22.7 Å². The number of hydrogen-bond acceptors (Lipinski definition) is 3. The molecular formula is C27H33F6N2OPS2. The van der Waals surface area contributed by atoms with Crippen molar-refractivity contribution < 1.29 is 34.6 Å². The quantitative estimate of drug-likeness (QED) is 0.189. The molecule has 0 N–H and O–H groups in total. The summed E-state index contributed by atoms with van der Waals surface area (Å²) < 4.78 is 61.3. The number of thioether (sulfide) groups is 1. The first kappa shape index (κ1) is 31.4. The summed E-state index contributed by atoms with van der Waals surface area (Å²) >= 11 is 3.48. The Balaban J connectivity index is 0.000000532. The summed E-state index contributed by atoms with van der Waals surface area (Å²) in [6.45, 7) is 8.57. The van der Waals surface area contributed by atoms with Crippen LogP contribution in [0.5, 0.6) is 0 Å². The van der Waals surface area contributed by atoms with Gasteiger partial charge in [0.05, 0.1) is 4.88 Å². The van der Waals surface area contributed by atoms with E-state index in [0.29, 0.717) is 0 Å². The number of hydrogen-bond donors (Lipinski definition) is 0. The molecule has 3 aliphatic rings. The summed E-state index contributed by atoms with van der Waals surface area (Å²) in [5.74, 6) is 0.190. The minimum absolute atomic E-state index is 0.0582. The van der Waals surface area contributed by atoms with Gasteiger partial charge in [0.2, 0.25) is 0 Å². The average Bonchev–Trinajstić information content (AvgIpc) is 3.32. The van der Waals surface area contributed by atoms with Crippen LogP contribution >= 0.6 is 30.9 Å². The van der Waals surface area contributed by atoms with Gasteiger partial charge in [-0.1, -0.05) is 32.5 Å². The molecule has 0 spiro atoms. The number of nitrogens with zero attached hydrogens (tertiary/aromatic N) is 2. The number of thiophene rings is 1. The van der Waals surface area contributed by atoms with Gasteiger partial charge in [-0.25, -0.2) is 4.58 Å². The van der Waals surface area contributed by atoms with Crippen LogP contribution in [0, 0.1) is 5.41 Å². The van der Waals surface area contributed by atoms with E-state index < -0.39 is 7.81 Å². The van der Waals surface area contributed by atoms with E-state index in [0.717, 1.165) is 35.7 Å². The average molecular weight is 611 g/mol. The van der Waals surface area contributed by atoms with Gasteiger partial charge < -0.3 is 4.90 Å². The van der Waals surface area contributed by atoms with Crippen molar-refractivity contribution in [2.24, 2.45) is 5.41 Å². The zero-order valence-electron chi connectivity index (χ0n) is 22.5. The Morgan fingerprint density at radius 2 is 1.46 bits per heavy atom. The molecule has 0 bridgehead atoms. The Labute approximate surface area is 233 Å². The Bertz CT molecular complexity index is 1290. The van der Waals surface area contributed by atoms with E-state index >= 15 is 0 Å². The Morgan fingerprint density at radius 1 is 0.897 bits per heavy atom. The zero-order chi connectivity index (χ0) is 29.3. The van der Waals surface area contributed by atoms with Gasteiger partial charge in [0.15, 0.2) is 5.71 Å². The van der Waals surface area contributed by atoms with E-state index in [9.17, 15) is 30.0 Å². The second-order valence-electron chi connectivity index (χ2n) is 10.7. The van der Waals surface area contributed by atoms with Gasteiger partial charge >= 0.3 is 33.0 Å². The predicted molar refractivity (Wildman–Crippen MR) is 153 cm³/mol. The SMILES string of the molecule is C[N+](C)=C1C=CC(=C2C=C(c3ccc(C(=O)N4CCCCC4)s3)C=C(C(C)(C)C)S2)C=C1.F[P-](F)(F)(F)(F)F. The predicted octanol–water partition coefficient (Wildman–Crippen LogP) is 9.91. The molecule has 0 saturated carbocycles. The van der Waals surface area contributed by atoms with Gasteiger partial charge in [-0.3, -0.25) is 4.79 Å². The molecule has 3 nitrogen and oxygen atoms in total. The topological polar surface area (TPSA) is 23.3 Å². The zero-order valence-corrected chi connectivity index (χ0v) is 25.0. The Morgan fingerprint density at radius 3 is 1.97 bits per heavy atom. The van der Waals surface area contributed by atoms with E-state index in [1.54, 1.807) is 11.3 Å². The molecule has 0 radical (unpaired) electrons. The molecule has 1 amide bonds. The van der Waals surface area contributed by atoms with Gasteiger partial charge in [0.25, 0.3) is 5.91 Å². The number of halogens is 6. The first-order chi connectivity index (χ1) is 17.7. The van der Waals surface area contributed by atoms with Crippen LogP contribution in [0.2, 0.25) is 0 Å². The van der Waals surface area contributed by atoms with E-state index in [2.05, 4.69) is 82.0 Å². The summed E-state index contributed by atoms with van der Waals surface area (Å²) in [6.07, 6.45) is 16.8.